The summed E-state index contributed by atoms with van der Waals surface area (Å²) in [7, 11) is 0. The Morgan fingerprint density at radius 2 is 2.00 bits per heavy atom. The summed E-state index contributed by atoms with van der Waals surface area (Å²) in [6.45, 7) is 7.46. The number of amides is 2. The molecular formula is C15H26N4O4. The third kappa shape index (κ3) is 7.62. The van der Waals surface area contributed by atoms with Crippen molar-refractivity contribution in [3.05, 3.63) is 11.8 Å². The van der Waals surface area contributed by atoms with E-state index in [1.807, 2.05) is 0 Å². The van der Waals surface area contributed by atoms with Gasteiger partial charge in [-0.2, -0.15) is 0 Å². The molecule has 0 aliphatic heterocycles. The van der Waals surface area contributed by atoms with Crippen LogP contribution in [0.2, 0.25) is 0 Å². The third-order valence-electron chi connectivity index (χ3n) is 2.89. The van der Waals surface area contributed by atoms with Crippen molar-refractivity contribution in [2.45, 2.75) is 71.4 Å². The standard InChI is InChI=1S/C15H26N4O4/c1-5-6-7-8-10(17-14(21)23-15(2,3)4)13-19-18-12(22-13)9-11(16)20/h10H,5-9H2,1-4H3,(H2,16,20)(H,17,21)/t10-/m0/s1. The molecule has 0 spiro atoms. The minimum absolute atomic E-state index is 0.124. The highest BCUT2D eigenvalue weighted by molar-refractivity contribution is 5.75. The number of unbranched alkanes of at least 4 members (excludes halogenated alkanes) is 2. The first-order valence-electron chi connectivity index (χ1n) is 7.81. The van der Waals surface area contributed by atoms with Gasteiger partial charge < -0.3 is 20.2 Å². The van der Waals surface area contributed by atoms with E-state index in [-0.39, 0.29) is 18.2 Å². The van der Waals surface area contributed by atoms with Crippen molar-refractivity contribution in [2.75, 3.05) is 0 Å². The number of nitrogens with one attached hydrogen (secondary N) is 1. The molecule has 0 bridgehead atoms. The Balaban J connectivity index is 2.76. The minimum atomic E-state index is -0.593. The van der Waals surface area contributed by atoms with Crippen LogP contribution in [0.5, 0.6) is 0 Å². The van der Waals surface area contributed by atoms with Crippen LogP contribution in [-0.4, -0.2) is 27.8 Å². The molecular weight excluding hydrogens is 300 g/mol. The quantitative estimate of drug-likeness (QED) is 0.707. The van der Waals surface area contributed by atoms with Gasteiger partial charge in [-0.05, 0) is 27.2 Å². The molecule has 1 heterocycles. The molecule has 0 saturated carbocycles. The normalized spacial score (nSPS) is 12.7. The second-order valence-electron chi connectivity index (χ2n) is 6.37. The fraction of sp³-hybridized carbons (Fsp3) is 0.733. The van der Waals surface area contributed by atoms with E-state index >= 15 is 0 Å². The number of aromatic nitrogens is 2. The highest BCUT2D eigenvalue weighted by Gasteiger charge is 2.24. The number of nitrogens with zero attached hydrogens (tertiary/aromatic N) is 2. The van der Waals surface area contributed by atoms with Gasteiger partial charge in [-0.3, -0.25) is 4.79 Å². The fourth-order valence-corrected chi connectivity index (χ4v) is 1.93. The van der Waals surface area contributed by atoms with E-state index in [4.69, 9.17) is 14.9 Å². The number of nitrogens with two attached hydrogens (primary N) is 1. The van der Waals surface area contributed by atoms with Gasteiger partial charge in [0.15, 0.2) is 0 Å². The maximum absolute atomic E-state index is 12.0. The van der Waals surface area contributed by atoms with Gasteiger partial charge in [-0.1, -0.05) is 26.2 Å². The minimum Gasteiger partial charge on any atom is -0.444 e. The number of primary amides is 1. The van der Waals surface area contributed by atoms with Crippen molar-refractivity contribution < 1.29 is 18.7 Å². The molecule has 0 radical (unpaired) electrons. The number of hydrogen-bond donors (Lipinski definition) is 2. The van der Waals surface area contributed by atoms with E-state index in [0.29, 0.717) is 6.42 Å². The molecule has 2 amide bonds. The van der Waals surface area contributed by atoms with Crippen LogP contribution in [0.3, 0.4) is 0 Å². The molecule has 0 unspecified atom stereocenters. The third-order valence-corrected chi connectivity index (χ3v) is 2.89. The molecule has 1 aromatic heterocycles. The van der Waals surface area contributed by atoms with E-state index in [1.54, 1.807) is 20.8 Å². The van der Waals surface area contributed by atoms with Crippen LogP contribution in [0.4, 0.5) is 4.79 Å². The summed E-state index contributed by atoms with van der Waals surface area (Å²) >= 11 is 0. The van der Waals surface area contributed by atoms with E-state index in [1.165, 1.54) is 0 Å². The first-order chi connectivity index (χ1) is 10.7. The number of alkyl carbamates (subject to hydrolysis) is 1. The largest absolute Gasteiger partial charge is 0.444 e. The highest BCUT2D eigenvalue weighted by atomic mass is 16.6. The van der Waals surface area contributed by atoms with E-state index < -0.39 is 23.6 Å². The zero-order valence-electron chi connectivity index (χ0n) is 14.2. The predicted molar refractivity (Wildman–Crippen MR) is 83.4 cm³/mol. The summed E-state index contributed by atoms with van der Waals surface area (Å²) < 4.78 is 10.7. The Labute approximate surface area is 136 Å². The smallest absolute Gasteiger partial charge is 0.408 e. The van der Waals surface area contributed by atoms with Gasteiger partial charge in [0.25, 0.3) is 0 Å². The zero-order chi connectivity index (χ0) is 17.5. The SMILES string of the molecule is CCCCC[C@H](NC(=O)OC(C)(C)C)c1nnc(CC(N)=O)o1. The molecule has 130 valence electrons. The van der Waals surface area contributed by atoms with Crippen molar-refractivity contribution in [3.63, 3.8) is 0 Å². The van der Waals surface area contributed by atoms with E-state index in [2.05, 4.69) is 22.4 Å². The molecule has 1 aromatic rings. The van der Waals surface area contributed by atoms with Crippen molar-refractivity contribution >= 4 is 12.0 Å². The van der Waals surface area contributed by atoms with Crippen LogP contribution in [-0.2, 0) is 16.0 Å². The Kier molecular flexibility index (Phi) is 6.99. The molecule has 23 heavy (non-hydrogen) atoms. The van der Waals surface area contributed by atoms with Crippen LogP contribution in [0.1, 0.15) is 71.2 Å². The van der Waals surface area contributed by atoms with Gasteiger partial charge in [0.1, 0.15) is 18.1 Å². The fourth-order valence-electron chi connectivity index (χ4n) is 1.93. The second kappa shape index (κ2) is 8.50. The first-order valence-corrected chi connectivity index (χ1v) is 7.81. The van der Waals surface area contributed by atoms with Gasteiger partial charge in [0.05, 0.1) is 0 Å². The van der Waals surface area contributed by atoms with Crippen molar-refractivity contribution in [2.24, 2.45) is 5.73 Å². The number of hydrogen-bond acceptors (Lipinski definition) is 6. The topological polar surface area (TPSA) is 120 Å². The summed E-state index contributed by atoms with van der Waals surface area (Å²) in [5.41, 5.74) is 4.51. The molecule has 1 rings (SSSR count). The van der Waals surface area contributed by atoms with Gasteiger partial charge in [-0.25, -0.2) is 4.79 Å². The number of rotatable bonds is 8. The van der Waals surface area contributed by atoms with Crippen molar-refractivity contribution in [1.82, 2.24) is 15.5 Å². The second-order valence-corrected chi connectivity index (χ2v) is 6.37. The Hall–Kier alpha value is -2.12. The zero-order valence-corrected chi connectivity index (χ0v) is 14.2. The highest BCUT2D eigenvalue weighted by Crippen LogP contribution is 2.20. The maximum Gasteiger partial charge on any atom is 0.408 e. The first kappa shape index (κ1) is 18.9. The molecule has 0 aliphatic carbocycles. The number of carbonyl (C=O) groups excluding carboxylic acids is 2. The molecule has 1 atom stereocenters. The van der Waals surface area contributed by atoms with E-state index in [9.17, 15) is 9.59 Å². The maximum atomic E-state index is 12.0. The van der Waals surface area contributed by atoms with Gasteiger partial charge >= 0.3 is 6.09 Å². The molecule has 0 saturated heterocycles. The summed E-state index contributed by atoms with van der Waals surface area (Å²) in [5.74, 6) is -0.162. The average molecular weight is 326 g/mol. The molecule has 3 N–H and O–H groups in total. The van der Waals surface area contributed by atoms with Crippen LogP contribution in [0.15, 0.2) is 4.42 Å². The Morgan fingerprint density at radius 1 is 1.30 bits per heavy atom. The van der Waals surface area contributed by atoms with Crippen molar-refractivity contribution in [1.29, 1.82) is 0 Å². The lowest BCUT2D eigenvalue weighted by atomic mass is 10.1. The molecule has 8 heteroatoms. The monoisotopic (exact) mass is 326 g/mol. The summed E-state index contributed by atoms with van der Waals surface area (Å²) in [6.07, 6.45) is 2.94. The van der Waals surface area contributed by atoms with Gasteiger partial charge in [0, 0.05) is 0 Å². The van der Waals surface area contributed by atoms with Crippen LogP contribution in [0, 0.1) is 0 Å². The van der Waals surface area contributed by atoms with E-state index in [0.717, 1.165) is 19.3 Å². The predicted octanol–water partition coefficient (Wildman–Crippen LogP) is 2.24. The van der Waals surface area contributed by atoms with Gasteiger partial charge in [0.2, 0.25) is 17.7 Å². The van der Waals surface area contributed by atoms with Crippen LogP contribution < -0.4 is 11.1 Å². The summed E-state index contributed by atoms with van der Waals surface area (Å²) in [6, 6.07) is -0.453. The lowest BCUT2D eigenvalue weighted by Crippen LogP contribution is -2.35. The van der Waals surface area contributed by atoms with Gasteiger partial charge in [-0.15, -0.1) is 10.2 Å². The average Bonchev–Trinajstić information content (AvgIpc) is 2.83. The number of ether oxygens (including phenoxy) is 1. The lowest BCUT2D eigenvalue weighted by molar-refractivity contribution is -0.117. The lowest BCUT2D eigenvalue weighted by Gasteiger charge is -2.22. The molecule has 8 nitrogen and oxygen atoms in total. The van der Waals surface area contributed by atoms with Crippen LogP contribution >= 0.6 is 0 Å². The summed E-state index contributed by atoms with van der Waals surface area (Å²) in [4.78, 5) is 22.9. The summed E-state index contributed by atoms with van der Waals surface area (Å²) in [5, 5.41) is 10.4. The Morgan fingerprint density at radius 3 is 2.57 bits per heavy atom. The number of carbonyl (C=O) groups is 2. The molecule has 0 aliphatic rings. The van der Waals surface area contributed by atoms with Crippen LogP contribution in [0.25, 0.3) is 0 Å². The van der Waals surface area contributed by atoms with Crippen molar-refractivity contribution in [3.8, 4) is 0 Å². The molecule has 0 aromatic carbocycles. The Bertz CT molecular complexity index is 522. The molecule has 0 fully saturated rings.